The van der Waals surface area contributed by atoms with E-state index >= 15 is 0 Å². The molecule has 1 saturated heterocycles. The van der Waals surface area contributed by atoms with Crippen molar-refractivity contribution in [2.75, 3.05) is 39.5 Å². The van der Waals surface area contributed by atoms with Crippen LogP contribution in [0.2, 0.25) is 0 Å². The zero-order chi connectivity index (χ0) is 39.7. The molecule has 0 saturated carbocycles. The van der Waals surface area contributed by atoms with Gasteiger partial charge in [-0.3, -0.25) is 14.4 Å². The number of esters is 3. The van der Waals surface area contributed by atoms with Crippen LogP contribution in [0.15, 0.2) is 48.6 Å². The highest BCUT2D eigenvalue weighted by Gasteiger charge is 2.18. The maximum absolute atomic E-state index is 12.5. The van der Waals surface area contributed by atoms with E-state index in [2.05, 4.69) is 67.4 Å². The van der Waals surface area contributed by atoms with Crippen molar-refractivity contribution in [1.29, 1.82) is 0 Å². The maximum Gasteiger partial charge on any atom is 0.305 e. The number of hydrogen-bond donors (Lipinski definition) is 0. The molecule has 0 aromatic rings. The summed E-state index contributed by atoms with van der Waals surface area (Å²) in [6.07, 6.45) is 47.5. The summed E-state index contributed by atoms with van der Waals surface area (Å²) in [6.45, 7) is 7.85. The van der Waals surface area contributed by atoms with E-state index < -0.39 is 0 Å². The molecule has 7 heteroatoms. The highest BCUT2D eigenvalue weighted by Crippen LogP contribution is 2.13. The molecular formula is C48H83NO6. The number of allylic oxidation sites excluding steroid dienone is 8. The van der Waals surface area contributed by atoms with E-state index in [9.17, 15) is 14.4 Å². The number of likely N-dealkylation sites (tertiary alicyclic amines) is 1. The van der Waals surface area contributed by atoms with Gasteiger partial charge in [-0.1, -0.05) is 127 Å². The summed E-state index contributed by atoms with van der Waals surface area (Å²) in [5.74, 6) is -1.12. The van der Waals surface area contributed by atoms with Gasteiger partial charge in [0.25, 0.3) is 0 Å². The molecule has 0 aliphatic carbocycles. The van der Waals surface area contributed by atoms with Gasteiger partial charge in [0.2, 0.25) is 0 Å². The molecule has 55 heavy (non-hydrogen) atoms. The van der Waals surface area contributed by atoms with Gasteiger partial charge in [0.1, 0.15) is 19.8 Å². The Morgan fingerprint density at radius 1 is 0.455 bits per heavy atom. The molecule has 0 bridgehead atoms. The van der Waals surface area contributed by atoms with Crippen LogP contribution in [0.3, 0.4) is 0 Å². The number of nitrogens with zero attached hydrogens (tertiary/aromatic N) is 1. The zero-order valence-corrected chi connectivity index (χ0v) is 35.6. The Morgan fingerprint density at radius 2 is 0.800 bits per heavy atom. The molecule has 0 amide bonds. The SMILES string of the molecule is CCCCCC=CCC=CCCCCCCCC(=O)OCC(COC(=O)CCCCCCCC=CCC=CCCCCC)COC(=O)CCCN1CCCC1. The van der Waals surface area contributed by atoms with Crippen molar-refractivity contribution in [1.82, 2.24) is 4.90 Å². The molecule has 1 aliphatic rings. The van der Waals surface area contributed by atoms with Crippen molar-refractivity contribution in [3.05, 3.63) is 48.6 Å². The molecule has 0 radical (unpaired) electrons. The maximum atomic E-state index is 12.5. The summed E-state index contributed by atoms with van der Waals surface area (Å²) in [7, 11) is 0. The van der Waals surface area contributed by atoms with Gasteiger partial charge in [0.05, 0.1) is 5.92 Å². The number of unbranched alkanes of at least 4 members (excludes halogenated alkanes) is 16. The summed E-state index contributed by atoms with van der Waals surface area (Å²) in [6, 6.07) is 0. The van der Waals surface area contributed by atoms with E-state index in [1.165, 1.54) is 77.0 Å². The van der Waals surface area contributed by atoms with Gasteiger partial charge >= 0.3 is 17.9 Å². The first-order chi connectivity index (χ1) is 27.0. The van der Waals surface area contributed by atoms with Gasteiger partial charge in [-0.2, -0.15) is 0 Å². The third-order valence-electron chi connectivity index (χ3n) is 10.2. The molecule has 0 spiro atoms. The van der Waals surface area contributed by atoms with Crippen LogP contribution in [0.4, 0.5) is 0 Å². The zero-order valence-electron chi connectivity index (χ0n) is 35.6. The van der Waals surface area contributed by atoms with E-state index in [4.69, 9.17) is 14.2 Å². The molecule has 0 atom stereocenters. The fraction of sp³-hybridized carbons (Fsp3) is 0.771. The van der Waals surface area contributed by atoms with Crippen molar-refractivity contribution < 1.29 is 28.6 Å². The highest BCUT2D eigenvalue weighted by molar-refractivity contribution is 5.70. The fourth-order valence-corrected chi connectivity index (χ4v) is 6.61. The normalized spacial score (nSPS) is 14.2. The second kappa shape index (κ2) is 39.6. The number of ether oxygens (including phenoxy) is 3. The average molecular weight is 770 g/mol. The van der Waals surface area contributed by atoms with Crippen molar-refractivity contribution >= 4 is 17.9 Å². The smallest absolute Gasteiger partial charge is 0.305 e. The minimum absolute atomic E-state index is 0.0799. The van der Waals surface area contributed by atoms with E-state index in [1.807, 2.05) is 0 Å². The summed E-state index contributed by atoms with van der Waals surface area (Å²) >= 11 is 0. The second-order valence-electron chi connectivity index (χ2n) is 15.5. The third kappa shape index (κ3) is 35.5. The number of carbonyl (C=O) groups excluding carboxylic acids is 3. The molecular weight excluding hydrogens is 687 g/mol. The largest absolute Gasteiger partial charge is 0.465 e. The lowest BCUT2D eigenvalue weighted by molar-refractivity contribution is -0.153. The Morgan fingerprint density at radius 3 is 1.20 bits per heavy atom. The third-order valence-corrected chi connectivity index (χ3v) is 10.2. The van der Waals surface area contributed by atoms with Gasteiger partial charge in [-0.05, 0) is 116 Å². The van der Waals surface area contributed by atoms with Crippen molar-refractivity contribution in [3.8, 4) is 0 Å². The first-order valence-corrected chi connectivity index (χ1v) is 22.8. The molecule has 0 N–H and O–H groups in total. The first-order valence-electron chi connectivity index (χ1n) is 22.8. The van der Waals surface area contributed by atoms with Crippen LogP contribution in [0.25, 0.3) is 0 Å². The standard InChI is InChI=1S/C48H83NO6/c1-3-5-7-9-11-13-15-17-19-21-23-25-27-29-31-36-46(50)53-42-45(44-55-48(52)38-35-41-49-39-33-34-40-49)43-54-47(51)37-32-30-28-26-24-22-20-18-16-14-12-10-8-6-4-2/h11-14,17-20,45H,3-10,15-16,21-44H2,1-2H3. The summed E-state index contributed by atoms with van der Waals surface area (Å²) in [5.41, 5.74) is 0. The lowest BCUT2D eigenvalue weighted by Crippen LogP contribution is -2.27. The van der Waals surface area contributed by atoms with Crippen LogP contribution >= 0.6 is 0 Å². The molecule has 0 aromatic carbocycles. The summed E-state index contributed by atoms with van der Waals surface area (Å²) < 4.78 is 16.7. The minimum atomic E-state index is -0.371. The average Bonchev–Trinajstić information content (AvgIpc) is 3.71. The quantitative estimate of drug-likeness (QED) is 0.0268. The Labute approximate surface area is 338 Å². The fourth-order valence-electron chi connectivity index (χ4n) is 6.61. The Balaban J connectivity index is 2.24. The molecule has 1 rings (SSSR count). The van der Waals surface area contributed by atoms with E-state index in [0.29, 0.717) is 19.3 Å². The summed E-state index contributed by atoms with van der Waals surface area (Å²) in [4.78, 5) is 39.9. The van der Waals surface area contributed by atoms with Crippen LogP contribution in [-0.2, 0) is 28.6 Å². The Bertz CT molecular complexity index is 965. The molecule has 0 aromatic heterocycles. The van der Waals surface area contributed by atoms with Gasteiger partial charge in [0, 0.05) is 19.3 Å². The number of hydrogen-bond acceptors (Lipinski definition) is 7. The number of carbonyl (C=O) groups is 3. The summed E-state index contributed by atoms with van der Waals surface area (Å²) in [5, 5.41) is 0. The van der Waals surface area contributed by atoms with E-state index in [0.717, 1.165) is 103 Å². The van der Waals surface area contributed by atoms with Crippen molar-refractivity contribution in [3.63, 3.8) is 0 Å². The molecule has 1 fully saturated rings. The predicted molar refractivity (Wildman–Crippen MR) is 230 cm³/mol. The predicted octanol–water partition coefficient (Wildman–Crippen LogP) is 12.7. The van der Waals surface area contributed by atoms with Gasteiger partial charge in [0.15, 0.2) is 0 Å². The van der Waals surface area contributed by atoms with Crippen molar-refractivity contribution in [2.24, 2.45) is 5.92 Å². The van der Waals surface area contributed by atoms with E-state index in [-0.39, 0.29) is 43.6 Å². The topological polar surface area (TPSA) is 82.1 Å². The van der Waals surface area contributed by atoms with Gasteiger partial charge < -0.3 is 19.1 Å². The minimum Gasteiger partial charge on any atom is -0.465 e. The first kappa shape index (κ1) is 50.3. The van der Waals surface area contributed by atoms with Crippen LogP contribution < -0.4 is 0 Å². The molecule has 1 heterocycles. The monoisotopic (exact) mass is 770 g/mol. The Kier molecular flexibility index (Phi) is 36.2. The van der Waals surface area contributed by atoms with Gasteiger partial charge in [-0.25, -0.2) is 0 Å². The van der Waals surface area contributed by atoms with Gasteiger partial charge in [-0.15, -0.1) is 0 Å². The lowest BCUT2D eigenvalue weighted by atomic mass is 10.1. The highest BCUT2D eigenvalue weighted by atomic mass is 16.6. The molecule has 7 nitrogen and oxygen atoms in total. The second-order valence-corrected chi connectivity index (χ2v) is 15.5. The van der Waals surface area contributed by atoms with Crippen LogP contribution in [0, 0.1) is 5.92 Å². The molecule has 1 aliphatic heterocycles. The van der Waals surface area contributed by atoms with Crippen LogP contribution in [0.1, 0.15) is 194 Å². The van der Waals surface area contributed by atoms with Crippen molar-refractivity contribution in [2.45, 2.75) is 194 Å². The lowest BCUT2D eigenvalue weighted by Gasteiger charge is -2.18. The number of rotatable bonds is 38. The van der Waals surface area contributed by atoms with Crippen LogP contribution in [0.5, 0.6) is 0 Å². The molecule has 0 unspecified atom stereocenters. The van der Waals surface area contributed by atoms with E-state index in [1.54, 1.807) is 0 Å². The molecule has 316 valence electrons. The van der Waals surface area contributed by atoms with Crippen LogP contribution in [-0.4, -0.2) is 62.3 Å². The Hall–Kier alpha value is -2.67.